The predicted molar refractivity (Wildman–Crippen MR) is 91.5 cm³/mol. The summed E-state index contributed by atoms with van der Waals surface area (Å²) in [5.74, 6) is 0.0202. The molecule has 0 aliphatic heterocycles. The van der Waals surface area contributed by atoms with Gasteiger partial charge in [-0.15, -0.1) is 10.2 Å². The van der Waals surface area contributed by atoms with E-state index in [-0.39, 0.29) is 11.3 Å². The lowest BCUT2D eigenvalue weighted by Crippen LogP contribution is -2.12. The van der Waals surface area contributed by atoms with Gasteiger partial charge in [-0.05, 0) is 25.8 Å². The van der Waals surface area contributed by atoms with Crippen LogP contribution in [0.5, 0.6) is 0 Å². The van der Waals surface area contributed by atoms with Gasteiger partial charge in [0.25, 0.3) is 11.6 Å². The minimum absolute atomic E-state index is 0.0668. The maximum Gasteiger partial charge on any atom is 0.273 e. The van der Waals surface area contributed by atoms with Gasteiger partial charge < -0.3 is 0 Å². The molecule has 1 fully saturated rings. The molecule has 7 nitrogen and oxygen atoms in total. The van der Waals surface area contributed by atoms with Crippen LogP contribution in [-0.4, -0.2) is 21.0 Å². The van der Waals surface area contributed by atoms with Gasteiger partial charge in [-0.3, -0.25) is 20.2 Å². The van der Waals surface area contributed by atoms with Crippen molar-refractivity contribution in [2.45, 2.75) is 44.9 Å². The number of benzene rings is 1. The molecular weight excluding hydrogens is 328 g/mol. The summed E-state index contributed by atoms with van der Waals surface area (Å²) in [6.45, 7) is 1.64. The number of amides is 1. The van der Waals surface area contributed by atoms with Crippen molar-refractivity contribution in [2.24, 2.45) is 0 Å². The standard InChI is InChI=1S/C16H18N4O3S/c1-10-7-8-12(9-13(10)20(22)23)14(21)17-16-19-18-15(24-16)11-5-3-2-4-6-11/h7-9,11H,2-6H2,1H3,(H,17,19,21). The predicted octanol–water partition coefficient (Wildman–Crippen LogP) is 4.05. The molecule has 1 aliphatic rings. The van der Waals surface area contributed by atoms with Crippen molar-refractivity contribution >= 4 is 28.1 Å². The molecule has 24 heavy (non-hydrogen) atoms. The van der Waals surface area contributed by atoms with Gasteiger partial charge in [0, 0.05) is 23.1 Å². The molecule has 2 aromatic rings. The van der Waals surface area contributed by atoms with Crippen LogP contribution in [0.1, 0.15) is 59.0 Å². The molecule has 1 N–H and O–H groups in total. The first-order valence-corrected chi connectivity index (χ1v) is 8.76. The average Bonchev–Trinajstić information content (AvgIpc) is 3.04. The first kappa shape index (κ1) is 16.5. The van der Waals surface area contributed by atoms with Gasteiger partial charge in [0.1, 0.15) is 5.01 Å². The van der Waals surface area contributed by atoms with Crippen molar-refractivity contribution in [1.82, 2.24) is 10.2 Å². The van der Waals surface area contributed by atoms with E-state index < -0.39 is 10.8 Å². The second-order valence-electron chi connectivity index (χ2n) is 5.99. The summed E-state index contributed by atoms with van der Waals surface area (Å²) < 4.78 is 0. The molecule has 0 unspecified atom stereocenters. The summed E-state index contributed by atoms with van der Waals surface area (Å²) in [7, 11) is 0. The molecular formula is C16H18N4O3S. The van der Waals surface area contributed by atoms with Crippen LogP contribution < -0.4 is 5.32 Å². The van der Waals surface area contributed by atoms with Crippen molar-refractivity contribution in [2.75, 3.05) is 5.32 Å². The Bertz CT molecular complexity index is 768. The number of carbonyl (C=O) groups is 1. The van der Waals surface area contributed by atoms with Crippen LogP contribution in [0.2, 0.25) is 0 Å². The van der Waals surface area contributed by atoms with Gasteiger partial charge in [0.15, 0.2) is 0 Å². The molecule has 1 amide bonds. The molecule has 0 radical (unpaired) electrons. The van der Waals surface area contributed by atoms with Crippen molar-refractivity contribution in [3.63, 3.8) is 0 Å². The molecule has 1 aromatic heterocycles. The normalized spacial score (nSPS) is 15.2. The van der Waals surface area contributed by atoms with Crippen molar-refractivity contribution < 1.29 is 9.72 Å². The lowest BCUT2D eigenvalue weighted by atomic mass is 9.90. The topological polar surface area (TPSA) is 98.0 Å². The van der Waals surface area contributed by atoms with Crippen molar-refractivity contribution in [1.29, 1.82) is 0 Å². The average molecular weight is 346 g/mol. The SMILES string of the molecule is Cc1ccc(C(=O)Nc2nnc(C3CCCCC3)s2)cc1[N+](=O)[O-]. The Balaban J connectivity index is 1.72. The minimum atomic E-state index is -0.488. The summed E-state index contributed by atoms with van der Waals surface area (Å²) in [5, 5.41) is 23.3. The highest BCUT2D eigenvalue weighted by Gasteiger charge is 2.21. The van der Waals surface area contributed by atoms with E-state index in [9.17, 15) is 14.9 Å². The number of nitrogens with one attached hydrogen (secondary N) is 1. The maximum atomic E-state index is 12.3. The number of carbonyl (C=O) groups excluding carboxylic acids is 1. The molecule has 1 saturated carbocycles. The van der Waals surface area contributed by atoms with Crippen LogP contribution in [0.3, 0.4) is 0 Å². The third-order valence-electron chi connectivity index (χ3n) is 4.28. The zero-order valence-corrected chi connectivity index (χ0v) is 14.1. The smallest absolute Gasteiger partial charge is 0.273 e. The van der Waals surface area contributed by atoms with E-state index >= 15 is 0 Å². The van der Waals surface area contributed by atoms with Crippen LogP contribution in [0.25, 0.3) is 0 Å². The van der Waals surface area contributed by atoms with Gasteiger partial charge in [-0.2, -0.15) is 0 Å². The highest BCUT2D eigenvalue weighted by atomic mass is 32.1. The van der Waals surface area contributed by atoms with Crippen LogP contribution in [0.15, 0.2) is 18.2 Å². The first-order chi connectivity index (χ1) is 11.5. The van der Waals surface area contributed by atoms with E-state index in [1.165, 1.54) is 36.7 Å². The Labute approximate surface area is 143 Å². The molecule has 1 aliphatic carbocycles. The van der Waals surface area contributed by atoms with E-state index in [1.807, 2.05) is 0 Å². The Kier molecular flexibility index (Phi) is 4.84. The molecule has 1 aromatic carbocycles. The number of aromatic nitrogens is 2. The van der Waals surface area contributed by atoms with E-state index in [2.05, 4.69) is 15.5 Å². The number of rotatable bonds is 4. The minimum Gasteiger partial charge on any atom is -0.296 e. The molecule has 0 spiro atoms. The lowest BCUT2D eigenvalue weighted by molar-refractivity contribution is -0.385. The summed E-state index contributed by atoms with van der Waals surface area (Å²) in [6.07, 6.45) is 5.92. The van der Waals surface area contributed by atoms with Gasteiger partial charge in [-0.25, -0.2) is 0 Å². The monoisotopic (exact) mass is 346 g/mol. The number of nitro benzene ring substituents is 1. The fourth-order valence-electron chi connectivity index (χ4n) is 2.92. The largest absolute Gasteiger partial charge is 0.296 e. The van der Waals surface area contributed by atoms with Crippen LogP contribution in [-0.2, 0) is 0 Å². The number of aryl methyl sites for hydroxylation is 1. The highest BCUT2D eigenvalue weighted by Crippen LogP contribution is 2.35. The Hall–Kier alpha value is -2.35. The summed E-state index contributed by atoms with van der Waals surface area (Å²) in [6, 6.07) is 4.43. The van der Waals surface area contributed by atoms with Gasteiger partial charge in [-0.1, -0.05) is 36.7 Å². The van der Waals surface area contributed by atoms with E-state index in [1.54, 1.807) is 19.1 Å². The second-order valence-corrected chi connectivity index (χ2v) is 7.00. The molecule has 3 rings (SSSR count). The van der Waals surface area contributed by atoms with Gasteiger partial charge >= 0.3 is 0 Å². The Morgan fingerprint density at radius 2 is 2.04 bits per heavy atom. The molecule has 1 heterocycles. The van der Waals surface area contributed by atoms with Gasteiger partial charge in [0.2, 0.25) is 5.13 Å². The lowest BCUT2D eigenvalue weighted by Gasteiger charge is -2.18. The van der Waals surface area contributed by atoms with E-state index in [0.717, 1.165) is 17.8 Å². The number of nitrogens with zero attached hydrogens (tertiary/aromatic N) is 3. The van der Waals surface area contributed by atoms with Crippen LogP contribution in [0.4, 0.5) is 10.8 Å². The molecule has 0 saturated heterocycles. The maximum absolute atomic E-state index is 12.3. The zero-order valence-electron chi connectivity index (χ0n) is 13.3. The molecule has 8 heteroatoms. The van der Waals surface area contributed by atoms with E-state index in [0.29, 0.717) is 16.6 Å². The fourth-order valence-corrected chi connectivity index (χ4v) is 3.82. The zero-order chi connectivity index (χ0) is 17.1. The van der Waals surface area contributed by atoms with Crippen molar-refractivity contribution in [3.05, 3.63) is 44.4 Å². The third-order valence-corrected chi connectivity index (χ3v) is 5.28. The number of anilines is 1. The summed E-state index contributed by atoms with van der Waals surface area (Å²) in [4.78, 5) is 22.8. The fraction of sp³-hybridized carbons (Fsp3) is 0.438. The van der Waals surface area contributed by atoms with E-state index in [4.69, 9.17) is 0 Å². The number of nitro groups is 1. The van der Waals surface area contributed by atoms with Gasteiger partial charge in [0.05, 0.1) is 4.92 Å². The highest BCUT2D eigenvalue weighted by molar-refractivity contribution is 7.15. The van der Waals surface area contributed by atoms with Crippen molar-refractivity contribution in [3.8, 4) is 0 Å². The molecule has 126 valence electrons. The number of hydrogen-bond donors (Lipinski definition) is 1. The quantitative estimate of drug-likeness (QED) is 0.665. The summed E-state index contributed by atoms with van der Waals surface area (Å²) in [5.41, 5.74) is 0.691. The third kappa shape index (κ3) is 3.59. The second kappa shape index (κ2) is 7.04. The Morgan fingerprint density at radius 1 is 1.29 bits per heavy atom. The van der Waals surface area contributed by atoms with Crippen LogP contribution in [0, 0.1) is 17.0 Å². The number of hydrogen-bond acceptors (Lipinski definition) is 6. The molecule has 0 atom stereocenters. The Morgan fingerprint density at radius 3 is 2.75 bits per heavy atom. The molecule has 0 bridgehead atoms. The van der Waals surface area contributed by atoms with Crippen LogP contribution >= 0.6 is 11.3 Å². The summed E-state index contributed by atoms with van der Waals surface area (Å²) >= 11 is 1.39. The first-order valence-electron chi connectivity index (χ1n) is 7.94.